The molecular weight excluding hydrogens is 210 g/mol. The lowest BCUT2D eigenvalue weighted by Crippen LogP contribution is -2.17. The molecule has 0 radical (unpaired) electrons. The average Bonchev–Trinajstić information content (AvgIpc) is 2.40. The second-order valence-electron chi connectivity index (χ2n) is 3.85. The maximum absolute atomic E-state index is 9.03. The maximum atomic E-state index is 9.03. The Balaban J connectivity index is 2.21. The Hall–Kier alpha value is -2.34. The summed E-state index contributed by atoms with van der Waals surface area (Å²) in [4.78, 5) is 6.09. The van der Waals surface area contributed by atoms with Gasteiger partial charge in [-0.1, -0.05) is 30.3 Å². The van der Waals surface area contributed by atoms with E-state index in [9.17, 15) is 0 Å². The highest BCUT2D eigenvalue weighted by molar-refractivity contribution is 5.57. The number of pyridine rings is 1. The van der Waals surface area contributed by atoms with E-state index in [0.29, 0.717) is 5.56 Å². The molecule has 0 aliphatic carbocycles. The van der Waals surface area contributed by atoms with Crippen LogP contribution in [0, 0.1) is 11.3 Å². The quantitative estimate of drug-likeness (QED) is 0.803. The highest BCUT2D eigenvalue weighted by Crippen LogP contribution is 2.18. The van der Waals surface area contributed by atoms with Crippen molar-refractivity contribution in [3.8, 4) is 6.07 Å². The van der Waals surface area contributed by atoms with E-state index in [1.165, 1.54) is 5.56 Å². The molecule has 0 atom stereocenters. The highest BCUT2D eigenvalue weighted by Gasteiger charge is 2.07. The Morgan fingerprint density at radius 2 is 2.00 bits per heavy atom. The maximum Gasteiger partial charge on any atom is 0.101 e. The summed E-state index contributed by atoms with van der Waals surface area (Å²) in [5.41, 5.74) is 2.72. The molecular formula is C14H13N3. The van der Waals surface area contributed by atoms with Gasteiger partial charge in [-0.05, 0) is 11.6 Å². The summed E-state index contributed by atoms with van der Waals surface area (Å²) in [6.07, 6.45) is 3.36. The molecule has 84 valence electrons. The van der Waals surface area contributed by atoms with E-state index in [0.717, 1.165) is 12.2 Å². The van der Waals surface area contributed by atoms with Gasteiger partial charge in [0.05, 0.1) is 17.4 Å². The van der Waals surface area contributed by atoms with E-state index < -0.39 is 0 Å². The number of nitriles is 1. The molecule has 0 aliphatic heterocycles. The lowest BCUT2D eigenvalue weighted by Gasteiger charge is -2.19. The van der Waals surface area contributed by atoms with Crippen LogP contribution in [0.4, 0.5) is 5.69 Å². The smallest absolute Gasteiger partial charge is 0.101 e. The molecule has 17 heavy (non-hydrogen) atoms. The topological polar surface area (TPSA) is 39.9 Å². The molecule has 0 spiro atoms. The van der Waals surface area contributed by atoms with Crippen LogP contribution in [0.2, 0.25) is 0 Å². The van der Waals surface area contributed by atoms with Crippen LogP contribution >= 0.6 is 0 Å². The van der Waals surface area contributed by atoms with Crippen LogP contribution in [0.5, 0.6) is 0 Å². The van der Waals surface area contributed by atoms with E-state index >= 15 is 0 Å². The second-order valence-corrected chi connectivity index (χ2v) is 3.85. The Labute approximate surface area is 101 Å². The molecule has 3 heteroatoms. The van der Waals surface area contributed by atoms with Crippen LogP contribution in [-0.2, 0) is 6.54 Å². The third kappa shape index (κ3) is 2.61. The monoisotopic (exact) mass is 223 g/mol. The Bertz CT molecular complexity index is 529. The summed E-state index contributed by atoms with van der Waals surface area (Å²) >= 11 is 0. The van der Waals surface area contributed by atoms with Gasteiger partial charge in [-0.2, -0.15) is 5.26 Å². The van der Waals surface area contributed by atoms with E-state index in [1.807, 2.05) is 30.1 Å². The molecule has 0 amide bonds. The molecule has 0 N–H and O–H groups in total. The molecule has 2 rings (SSSR count). The number of hydrogen-bond acceptors (Lipinski definition) is 3. The molecule has 0 fully saturated rings. The summed E-state index contributed by atoms with van der Waals surface area (Å²) in [5.74, 6) is 0. The van der Waals surface area contributed by atoms with Gasteiger partial charge >= 0.3 is 0 Å². The molecule has 0 saturated carbocycles. The van der Waals surface area contributed by atoms with Crippen LogP contribution in [0.1, 0.15) is 11.1 Å². The van der Waals surface area contributed by atoms with Crippen molar-refractivity contribution in [3.63, 3.8) is 0 Å². The van der Waals surface area contributed by atoms with Crippen molar-refractivity contribution >= 4 is 5.69 Å². The predicted octanol–water partition coefficient (Wildman–Crippen LogP) is 2.59. The average molecular weight is 223 g/mol. The van der Waals surface area contributed by atoms with Crippen LogP contribution in [0.25, 0.3) is 0 Å². The number of anilines is 1. The number of nitrogens with zero attached hydrogens (tertiary/aromatic N) is 3. The fourth-order valence-corrected chi connectivity index (χ4v) is 1.73. The van der Waals surface area contributed by atoms with Crippen LogP contribution < -0.4 is 4.90 Å². The summed E-state index contributed by atoms with van der Waals surface area (Å²) in [6, 6.07) is 14.1. The number of hydrogen-bond donors (Lipinski definition) is 0. The van der Waals surface area contributed by atoms with Gasteiger partial charge in [-0.15, -0.1) is 0 Å². The fraction of sp³-hybridized carbons (Fsp3) is 0.143. The van der Waals surface area contributed by atoms with Crippen LogP contribution in [0.3, 0.4) is 0 Å². The molecule has 1 heterocycles. The highest BCUT2D eigenvalue weighted by atomic mass is 15.1. The van der Waals surface area contributed by atoms with Gasteiger partial charge < -0.3 is 4.90 Å². The van der Waals surface area contributed by atoms with Crippen molar-refractivity contribution in [1.29, 1.82) is 5.26 Å². The van der Waals surface area contributed by atoms with Gasteiger partial charge in [0.15, 0.2) is 0 Å². The first-order valence-corrected chi connectivity index (χ1v) is 5.40. The first kappa shape index (κ1) is 11.2. The molecule has 1 aromatic carbocycles. The molecule has 2 aromatic rings. The summed E-state index contributed by atoms with van der Waals surface area (Å²) in [5, 5.41) is 9.03. The zero-order valence-corrected chi connectivity index (χ0v) is 9.67. The zero-order valence-electron chi connectivity index (χ0n) is 9.67. The zero-order chi connectivity index (χ0) is 12.1. The number of aromatic nitrogens is 1. The van der Waals surface area contributed by atoms with Gasteiger partial charge in [0.2, 0.25) is 0 Å². The van der Waals surface area contributed by atoms with Gasteiger partial charge in [-0.3, -0.25) is 4.98 Å². The Morgan fingerprint density at radius 1 is 1.24 bits per heavy atom. The van der Waals surface area contributed by atoms with Crippen molar-refractivity contribution in [1.82, 2.24) is 4.98 Å². The Morgan fingerprint density at radius 3 is 2.71 bits per heavy atom. The van der Waals surface area contributed by atoms with Gasteiger partial charge in [0, 0.05) is 19.8 Å². The summed E-state index contributed by atoms with van der Waals surface area (Å²) in [7, 11) is 1.96. The second kappa shape index (κ2) is 5.13. The third-order valence-corrected chi connectivity index (χ3v) is 2.59. The normalized spacial score (nSPS) is 9.65. The van der Waals surface area contributed by atoms with Gasteiger partial charge in [-0.25, -0.2) is 0 Å². The van der Waals surface area contributed by atoms with Gasteiger partial charge in [0.25, 0.3) is 0 Å². The molecule has 0 saturated heterocycles. The summed E-state index contributed by atoms with van der Waals surface area (Å²) < 4.78 is 0. The third-order valence-electron chi connectivity index (χ3n) is 2.59. The lowest BCUT2D eigenvalue weighted by atomic mass is 10.2. The Kier molecular flexibility index (Phi) is 3.37. The van der Waals surface area contributed by atoms with E-state index in [1.54, 1.807) is 18.5 Å². The molecule has 0 unspecified atom stereocenters. The van der Waals surface area contributed by atoms with Crippen molar-refractivity contribution in [2.24, 2.45) is 0 Å². The molecule has 3 nitrogen and oxygen atoms in total. The predicted molar refractivity (Wildman–Crippen MR) is 67.5 cm³/mol. The largest absolute Gasteiger partial charge is 0.368 e. The van der Waals surface area contributed by atoms with Crippen molar-refractivity contribution in [3.05, 3.63) is 59.9 Å². The van der Waals surface area contributed by atoms with Crippen molar-refractivity contribution in [2.75, 3.05) is 11.9 Å². The van der Waals surface area contributed by atoms with E-state index in [4.69, 9.17) is 5.26 Å². The minimum Gasteiger partial charge on any atom is -0.368 e. The number of benzene rings is 1. The minimum absolute atomic E-state index is 0.651. The van der Waals surface area contributed by atoms with Crippen molar-refractivity contribution in [2.45, 2.75) is 6.54 Å². The van der Waals surface area contributed by atoms with Crippen molar-refractivity contribution < 1.29 is 0 Å². The molecule has 0 bridgehead atoms. The first-order valence-electron chi connectivity index (χ1n) is 5.40. The standard InChI is InChI=1S/C14H13N3/c1-17(11-12-5-3-2-4-6-12)14-10-16-8-7-13(14)9-15/h2-8,10H,11H2,1H3. The number of rotatable bonds is 3. The lowest BCUT2D eigenvalue weighted by molar-refractivity contribution is 0.915. The fourth-order valence-electron chi connectivity index (χ4n) is 1.73. The van der Waals surface area contributed by atoms with Gasteiger partial charge in [0.1, 0.15) is 6.07 Å². The van der Waals surface area contributed by atoms with Crippen LogP contribution in [0.15, 0.2) is 48.8 Å². The summed E-state index contributed by atoms with van der Waals surface area (Å²) in [6.45, 7) is 0.765. The minimum atomic E-state index is 0.651. The van der Waals surface area contributed by atoms with Crippen LogP contribution in [-0.4, -0.2) is 12.0 Å². The van der Waals surface area contributed by atoms with E-state index in [-0.39, 0.29) is 0 Å². The SMILES string of the molecule is CN(Cc1ccccc1)c1cnccc1C#N. The molecule has 1 aromatic heterocycles. The molecule has 0 aliphatic rings. The first-order chi connectivity index (χ1) is 8.31. The van der Waals surface area contributed by atoms with E-state index in [2.05, 4.69) is 23.2 Å².